The summed E-state index contributed by atoms with van der Waals surface area (Å²) in [6, 6.07) is 7.26. The smallest absolute Gasteiger partial charge is 0.416 e. The Morgan fingerprint density at radius 3 is 2.57 bits per heavy atom. The van der Waals surface area contributed by atoms with Crippen molar-refractivity contribution in [1.29, 1.82) is 0 Å². The molecule has 8 heteroatoms. The number of hydrogen-bond acceptors (Lipinski definition) is 3. The van der Waals surface area contributed by atoms with Crippen LogP contribution in [-0.2, 0) is 6.18 Å². The molecule has 1 unspecified atom stereocenters. The van der Waals surface area contributed by atoms with Crippen LogP contribution in [0.2, 0.25) is 0 Å². The van der Waals surface area contributed by atoms with Crippen molar-refractivity contribution in [1.82, 2.24) is 10.3 Å². The lowest BCUT2D eigenvalue weighted by Crippen LogP contribution is -2.27. The van der Waals surface area contributed by atoms with E-state index in [-0.39, 0.29) is 22.6 Å². The van der Waals surface area contributed by atoms with Gasteiger partial charge >= 0.3 is 6.18 Å². The molecule has 0 saturated heterocycles. The van der Waals surface area contributed by atoms with Gasteiger partial charge < -0.3 is 9.73 Å². The summed E-state index contributed by atoms with van der Waals surface area (Å²) in [7, 11) is 0. The van der Waals surface area contributed by atoms with Crippen LogP contribution in [0.25, 0.3) is 11.1 Å². The summed E-state index contributed by atoms with van der Waals surface area (Å²) in [5.41, 5.74) is -0.612. The van der Waals surface area contributed by atoms with E-state index in [1.165, 1.54) is 24.4 Å². The number of hydrogen-bond donors (Lipinski definition) is 1. The van der Waals surface area contributed by atoms with Crippen molar-refractivity contribution >= 4 is 5.91 Å². The van der Waals surface area contributed by atoms with Gasteiger partial charge in [-0.1, -0.05) is 18.2 Å². The number of benzene rings is 2. The maximum atomic E-state index is 13.8. The van der Waals surface area contributed by atoms with Crippen LogP contribution in [-0.4, -0.2) is 10.9 Å². The number of alkyl halides is 3. The topological polar surface area (TPSA) is 55.1 Å². The first kappa shape index (κ1) is 19.6. The highest BCUT2D eigenvalue weighted by Gasteiger charge is 2.30. The van der Waals surface area contributed by atoms with Crippen LogP contribution >= 0.6 is 0 Å². The third kappa shape index (κ3) is 4.21. The van der Waals surface area contributed by atoms with Crippen LogP contribution in [0.15, 0.2) is 53.1 Å². The van der Waals surface area contributed by atoms with Gasteiger partial charge in [0.1, 0.15) is 17.6 Å². The second kappa shape index (κ2) is 7.46. The molecule has 1 aromatic heterocycles. The fourth-order valence-electron chi connectivity index (χ4n) is 2.73. The van der Waals surface area contributed by atoms with Crippen LogP contribution in [0.1, 0.15) is 40.5 Å². The first-order valence-electron chi connectivity index (χ1n) is 8.35. The van der Waals surface area contributed by atoms with E-state index in [1.807, 2.05) is 0 Å². The fraction of sp³-hybridized carbons (Fsp3) is 0.200. The minimum Gasteiger partial charge on any atom is -0.444 e. The van der Waals surface area contributed by atoms with Crippen molar-refractivity contribution in [2.75, 3.05) is 0 Å². The lowest BCUT2D eigenvalue weighted by atomic mass is 9.97. The standard InChI is InChI=1S/C20H16F4N2O2/c1-11-10-25-19(28-11)12(2)26-18(27)17-9-15(21)6-7-16(17)13-4-3-5-14(8-13)20(22,23)24/h3-10,12H,1-2H3,(H,26,27). The largest absolute Gasteiger partial charge is 0.444 e. The van der Waals surface area contributed by atoms with Gasteiger partial charge in [-0.15, -0.1) is 0 Å². The highest BCUT2D eigenvalue weighted by molar-refractivity contribution is 6.01. The molecule has 146 valence electrons. The number of aromatic nitrogens is 1. The summed E-state index contributed by atoms with van der Waals surface area (Å²) in [6.07, 6.45) is -3.04. The van der Waals surface area contributed by atoms with Crippen molar-refractivity contribution in [2.45, 2.75) is 26.1 Å². The van der Waals surface area contributed by atoms with E-state index in [2.05, 4.69) is 10.3 Å². The van der Waals surface area contributed by atoms with E-state index in [4.69, 9.17) is 4.42 Å². The first-order chi connectivity index (χ1) is 13.1. The molecule has 3 aromatic rings. The van der Waals surface area contributed by atoms with Crippen LogP contribution < -0.4 is 5.32 Å². The molecule has 1 amide bonds. The Labute approximate surface area is 158 Å². The Bertz CT molecular complexity index is 1010. The number of nitrogens with zero attached hydrogens (tertiary/aromatic N) is 1. The molecule has 0 aliphatic rings. The predicted octanol–water partition coefficient (Wildman–Crippen LogP) is 5.30. The lowest BCUT2D eigenvalue weighted by Gasteiger charge is -2.15. The normalized spacial score (nSPS) is 12.6. The van der Waals surface area contributed by atoms with Gasteiger partial charge in [-0.05, 0) is 49.2 Å². The molecule has 4 nitrogen and oxygen atoms in total. The number of oxazole rings is 1. The van der Waals surface area contributed by atoms with Crippen molar-refractivity contribution < 1.29 is 26.8 Å². The molecule has 2 aromatic carbocycles. The van der Waals surface area contributed by atoms with Crippen LogP contribution in [0.5, 0.6) is 0 Å². The van der Waals surface area contributed by atoms with Gasteiger partial charge in [0.25, 0.3) is 5.91 Å². The Morgan fingerprint density at radius 2 is 1.93 bits per heavy atom. The third-order valence-electron chi connectivity index (χ3n) is 4.08. The predicted molar refractivity (Wildman–Crippen MR) is 94.0 cm³/mol. The molecule has 0 radical (unpaired) electrons. The molecular formula is C20H16F4N2O2. The minimum atomic E-state index is -4.53. The second-order valence-electron chi connectivity index (χ2n) is 6.27. The summed E-state index contributed by atoms with van der Waals surface area (Å²) in [6.45, 7) is 3.33. The average Bonchev–Trinajstić information content (AvgIpc) is 3.07. The number of carbonyl (C=O) groups is 1. The van der Waals surface area contributed by atoms with Crippen molar-refractivity contribution in [2.24, 2.45) is 0 Å². The highest BCUT2D eigenvalue weighted by Crippen LogP contribution is 2.33. The van der Waals surface area contributed by atoms with Gasteiger partial charge in [0, 0.05) is 0 Å². The molecule has 0 spiro atoms. The molecule has 1 atom stereocenters. The molecule has 0 fully saturated rings. The van der Waals surface area contributed by atoms with Gasteiger partial charge in [-0.2, -0.15) is 13.2 Å². The minimum absolute atomic E-state index is 0.0885. The molecule has 3 rings (SSSR count). The lowest BCUT2D eigenvalue weighted by molar-refractivity contribution is -0.137. The van der Waals surface area contributed by atoms with E-state index in [0.29, 0.717) is 5.76 Å². The maximum absolute atomic E-state index is 13.8. The molecule has 1 heterocycles. The first-order valence-corrected chi connectivity index (χ1v) is 8.35. The molecular weight excluding hydrogens is 376 g/mol. The maximum Gasteiger partial charge on any atom is 0.416 e. The Balaban J connectivity index is 1.96. The number of carbonyl (C=O) groups excluding carboxylic acids is 1. The number of rotatable bonds is 4. The van der Waals surface area contributed by atoms with Crippen molar-refractivity contribution in [3.05, 3.63) is 77.3 Å². The SMILES string of the molecule is Cc1cnc(C(C)NC(=O)c2cc(F)ccc2-c2cccc(C(F)(F)F)c2)o1. The highest BCUT2D eigenvalue weighted by atomic mass is 19.4. The Hall–Kier alpha value is -3.16. The summed E-state index contributed by atoms with van der Waals surface area (Å²) in [5, 5.41) is 2.62. The van der Waals surface area contributed by atoms with E-state index in [9.17, 15) is 22.4 Å². The van der Waals surface area contributed by atoms with E-state index >= 15 is 0 Å². The summed E-state index contributed by atoms with van der Waals surface area (Å²) >= 11 is 0. The summed E-state index contributed by atoms with van der Waals surface area (Å²) < 4.78 is 58.1. The number of aryl methyl sites for hydroxylation is 1. The van der Waals surface area contributed by atoms with Gasteiger partial charge in [-0.25, -0.2) is 9.37 Å². The fourth-order valence-corrected chi connectivity index (χ4v) is 2.73. The molecule has 28 heavy (non-hydrogen) atoms. The zero-order valence-corrected chi connectivity index (χ0v) is 15.0. The van der Waals surface area contributed by atoms with Gasteiger partial charge in [0.05, 0.1) is 17.3 Å². The Morgan fingerprint density at radius 1 is 1.18 bits per heavy atom. The quantitative estimate of drug-likeness (QED) is 0.613. The molecule has 1 N–H and O–H groups in total. The monoisotopic (exact) mass is 392 g/mol. The summed E-state index contributed by atoms with van der Waals surface area (Å²) in [5.74, 6) is -0.509. The number of amides is 1. The van der Waals surface area contributed by atoms with Gasteiger partial charge in [-0.3, -0.25) is 4.79 Å². The molecule has 0 aliphatic carbocycles. The van der Waals surface area contributed by atoms with E-state index < -0.39 is 29.5 Å². The zero-order chi connectivity index (χ0) is 20.5. The van der Waals surface area contributed by atoms with Gasteiger partial charge in [0.15, 0.2) is 0 Å². The third-order valence-corrected chi connectivity index (χ3v) is 4.08. The van der Waals surface area contributed by atoms with Crippen molar-refractivity contribution in [3.8, 4) is 11.1 Å². The number of halogens is 4. The average molecular weight is 392 g/mol. The Kier molecular flexibility index (Phi) is 5.22. The van der Waals surface area contributed by atoms with Crippen LogP contribution in [0.4, 0.5) is 17.6 Å². The molecule has 0 saturated carbocycles. The molecule has 0 bridgehead atoms. The summed E-state index contributed by atoms with van der Waals surface area (Å²) in [4.78, 5) is 16.7. The molecule has 0 aliphatic heterocycles. The van der Waals surface area contributed by atoms with E-state index in [0.717, 1.165) is 24.3 Å². The van der Waals surface area contributed by atoms with Crippen LogP contribution in [0.3, 0.4) is 0 Å². The second-order valence-corrected chi connectivity index (χ2v) is 6.27. The van der Waals surface area contributed by atoms with Crippen LogP contribution in [0, 0.1) is 12.7 Å². The van der Waals surface area contributed by atoms with Gasteiger partial charge in [0.2, 0.25) is 5.89 Å². The van der Waals surface area contributed by atoms with Crippen molar-refractivity contribution in [3.63, 3.8) is 0 Å². The number of nitrogens with one attached hydrogen (secondary N) is 1. The zero-order valence-electron chi connectivity index (χ0n) is 15.0. The van der Waals surface area contributed by atoms with E-state index in [1.54, 1.807) is 13.8 Å².